The number of aromatic nitrogens is 2. The maximum atomic E-state index is 12.7. The number of benzene rings is 1. The molecular formula is C30H36N6O2. The van der Waals surface area contributed by atoms with Crippen molar-refractivity contribution in [1.82, 2.24) is 19.8 Å². The van der Waals surface area contributed by atoms with Gasteiger partial charge in [0.15, 0.2) is 0 Å². The van der Waals surface area contributed by atoms with E-state index in [1.54, 1.807) is 36.7 Å². The molecule has 6 rings (SSSR count). The van der Waals surface area contributed by atoms with E-state index in [1.807, 2.05) is 18.2 Å². The molecule has 2 saturated heterocycles. The van der Waals surface area contributed by atoms with Gasteiger partial charge in [0.2, 0.25) is 0 Å². The van der Waals surface area contributed by atoms with Crippen LogP contribution in [-0.4, -0.2) is 57.8 Å². The van der Waals surface area contributed by atoms with Crippen molar-refractivity contribution in [2.75, 3.05) is 36.8 Å². The molecule has 0 spiro atoms. The third-order valence-electron chi connectivity index (χ3n) is 7.48. The van der Waals surface area contributed by atoms with Crippen LogP contribution in [0.4, 0.5) is 11.6 Å². The van der Waals surface area contributed by atoms with Crippen LogP contribution in [-0.2, 0) is 13.1 Å². The standard InChI is InChI=1S/C19H19N3O2.C11H17N3/c23-18-15-8-2-3-9-16(15)19(24)22(18)17-14(7-6-10-20-17)13-21-11-4-1-5-12-21;12-11-10(5-4-6-13-11)9-14-7-2-1-3-8-14/h2-3,6-10H,1,4-5,11-13H2;4-6H,1-3,7-9H2,(H2,12,13). The largest absolute Gasteiger partial charge is 0.383 e. The van der Waals surface area contributed by atoms with Crippen molar-refractivity contribution in [3.05, 3.63) is 83.2 Å². The van der Waals surface area contributed by atoms with E-state index in [4.69, 9.17) is 5.73 Å². The Morgan fingerprint density at radius 3 is 1.68 bits per heavy atom. The van der Waals surface area contributed by atoms with Crippen LogP contribution in [0, 0.1) is 0 Å². The highest BCUT2D eigenvalue weighted by atomic mass is 16.2. The first-order valence-corrected chi connectivity index (χ1v) is 13.7. The van der Waals surface area contributed by atoms with Crippen LogP contribution in [0.5, 0.6) is 0 Å². The molecule has 2 N–H and O–H groups in total. The molecule has 3 aliphatic heterocycles. The van der Waals surface area contributed by atoms with E-state index in [9.17, 15) is 9.59 Å². The number of nitrogens with two attached hydrogens (primary N) is 1. The number of rotatable bonds is 5. The van der Waals surface area contributed by atoms with Gasteiger partial charge < -0.3 is 5.73 Å². The molecule has 0 radical (unpaired) electrons. The van der Waals surface area contributed by atoms with Crippen LogP contribution in [0.25, 0.3) is 0 Å². The number of pyridine rings is 2. The number of likely N-dealkylation sites (tertiary alicyclic amines) is 2. The first-order chi connectivity index (χ1) is 18.6. The molecule has 198 valence electrons. The van der Waals surface area contributed by atoms with E-state index < -0.39 is 0 Å². The summed E-state index contributed by atoms with van der Waals surface area (Å²) in [5.41, 5.74) is 8.80. The van der Waals surface area contributed by atoms with Crippen LogP contribution >= 0.6 is 0 Å². The highest BCUT2D eigenvalue weighted by molar-refractivity contribution is 6.34. The molecule has 38 heavy (non-hydrogen) atoms. The van der Waals surface area contributed by atoms with Gasteiger partial charge in [0.25, 0.3) is 11.8 Å². The van der Waals surface area contributed by atoms with Crippen molar-refractivity contribution >= 4 is 23.5 Å². The summed E-state index contributed by atoms with van der Waals surface area (Å²) < 4.78 is 0. The summed E-state index contributed by atoms with van der Waals surface area (Å²) in [7, 11) is 0. The van der Waals surface area contributed by atoms with Gasteiger partial charge in [-0.2, -0.15) is 0 Å². The molecule has 8 nitrogen and oxygen atoms in total. The number of hydrogen-bond donors (Lipinski definition) is 1. The highest BCUT2D eigenvalue weighted by Crippen LogP contribution is 2.30. The average molecular weight is 513 g/mol. The highest BCUT2D eigenvalue weighted by Gasteiger charge is 2.38. The monoisotopic (exact) mass is 512 g/mol. The second kappa shape index (κ2) is 12.3. The SMILES string of the molecule is Nc1ncccc1CN1CCCCC1.O=C1c2ccccc2C(=O)N1c1ncccc1CN1CCCCC1. The first kappa shape index (κ1) is 26.0. The Labute approximate surface area is 224 Å². The second-order valence-corrected chi connectivity index (χ2v) is 10.2. The van der Waals surface area contributed by atoms with E-state index in [-0.39, 0.29) is 11.8 Å². The second-order valence-electron chi connectivity index (χ2n) is 10.2. The van der Waals surface area contributed by atoms with Gasteiger partial charge >= 0.3 is 0 Å². The normalized spacial score (nSPS) is 18.2. The lowest BCUT2D eigenvalue weighted by Crippen LogP contribution is -2.34. The summed E-state index contributed by atoms with van der Waals surface area (Å²) in [5.74, 6) is 0.579. The van der Waals surface area contributed by atoms with Crippen LogP contribution in [0.2, 0.25) is 0 Å². The molecule has 2 aromatic heterocycles. The fourth-order valence-corrected chi connectivity index (χ4v) is 5.44. The Hall–Kier alpha value is -3.62. The Morgan fingerprint density at radius 2 is 1.13 bits per heavy atom. The predicted octanol–water partition coefficient (Wildman–Crippen LogP) is 4.52. The summed E-state index contributed by atoms with van der Waals surface area (Å²) in [6, 6.07) is 14.8. The van der Waals surface area contributed by atoms with Gasteiger partial charge in [0, 0.05) is 36.6 Å². The third-order valence-corrected chi connectivity index (χ3v) is 7.48. The molecule has 8 heteroatoms. The van der Waals surface area contributed by atoms with Crippen LogP contribution in [0.1, 0.15) is 70.4 Å². The number of amides is 2. The molecule has 3 aliphatic rings. The van der Waals surface area contributed by atoms with Crippen molar-refractivity contribution in [2.45, 2.75) is 51.6 Å². The molecule has 3 aromatic rings. The van der Waals surface area contributed by atoms with Crippen LogP contribution in [0.3, 0.4) is 0 Å². The number of hydrogen-bond acceptors (Lipinski definition) is 7. The predicted molar refractivity (Wildman–Crippen MR) is 149 cm³/mol. The van der Waals surface area contributed by atoms with Gasteiger partial charge in [-0.1, -0.05) is 37.1 Å². The number of nitrogens with zero attached hydrogens (tertiary/aromatic N) is 5. The summed E-state index contributed by atoms with van der Waals surface area (Å²) >= 11 is 0. The summed E-state index contributed by atoms with van der Waals surface area (Å²) in [6.45, 7) is 6.19. The molecule has 0 bridgehead atoms. The lowest BCUT2D eigenvalue weighted by atomic mass is 10.1. The zero-order valence-electron chi connectivity index (χ0n) is 21.9. The number of imide groups is 1. The van der Waals surface area contributed by atoms with Crippen molar-refractivity contribution < 1.29 is 9.59 Å². The Balaban J connectivity index is 0.000000179. The minimum atomic E-state index is -0.283. The number of piperidine rings is 2. The average Bonchev–Trinajstić information content (AvgIpc) is 3.21. The van der Waals surface area contributed by atoms with Crippen molar-refractivity contribution in [2.24, 2.45) is 0 Å². The minimum Gasteiger partial charge on any atom is -0.383 e. The molecule has 0 saturated carbocycles. The number of carbonyl (C=O) groups is 2. The molecule has 2 amide bonds. The summed E-state index contributed by atoms with van der Waals surface area (Å²) in [6.07, 6.45) is 11.1. The van der Waals surface area contributed by atoms with Crippen molar-refractivity contribution in [3.8, 4) is 0 Å². The topological polar surface area (TPSA) is 95.7 Å². The Bertz CT molecular complexity index is 1230. The maximum Gasteiger partial charge on any atom is 0.267 e. The van der Waals surface area contributed by atoms with Gasteiger partial charge in [-0.15, -0.1) is 0 Å². The third kappa shape index (κ3) is 5.92. The number of carbonyl (C=O) groups excluding carboxylic acids is 2. The smallest absolute Gasteiger partial charge is 0.267 e. The molecular weight excluding hydrogens is 476 g/mol. The lowest BCUT2D eigenvalue weighted by molar-refractivity contribution is 0.0924. The van der Waals surface area contributed by atoms with E-state index >= 15 is 0 Å². The quantitative estimate of drug-likeness (QED) is 0.502. The van der Waals surface area contributed by atoms with Gasteiger partial charge in [0.05, 0.1) is 11.1 Å². The molecule has 5 heterocycles. The van der Waals surface area contributed by atoms with Gasteiger partial charge in [-0.3, -0.25) is 19.4 Å². The fourth-order valence-electron chi connectivity index (χ4n) is 5.44. The van der Waals surface area contributed by atoms with E-state index in [0.717, 1.165) is 37.3 Å². The van der Waals surface area contributed by atoms with Crippen LogP contribution < -0.4 is 10.6 Å². The Kier molecular flexibility index (Phi) is 8.41. The number of fused-ring (bicyclic) bond motifs is 1. The number of anilines is 2. The fraction of sp³-hybridized carbons (Fsp3) is 0.400. The molecule has 0 atom stereocenters. The molecule has 2 fully saturated rings. The van der Waals surface area contributed by atoms with Crippen molar-refractivity contribution in [3.63, 3.8) is 0 Å². The van der Waals surface area contributed by atoms with Gasteiger partial charge in [-0.25, -0.2) is 14.9 Å². The lowest BCUT2D eigenvalue weighted by Gasteiger charge is -2.27. The van der Waals surface area contributed by atoms with E-state index in [2.05, 4.69) is 25.8 Å². The summed E-state index contributed by atoms with van der Waals surface area (Å²) in [4.78, 5) is 39.9. The van der Waals surface area contributed by atoms with Crippen LogP contribution in [0.15, 0.2) is 60.9 Å². The van der Waals surface area contributed by atoms with E-state index in [0.29, 0.717) is 22.8 Å². The molecule has 1 aromatic carbocycles. The zero-order valence-corrected chi connectivity index (χ0v) is 21.9. The van der Waals surface area contributed by atoms with Crippen molar-refractivity contribution in [1.29, 1.82) is 0 Å². The zero-order chi connectivity index (χ0) is 26.3. The first-order valence-electron chi connectivity index (χ1n) is 13.7. The van der Waals surface area contributed by atoms with Gasteiger partial charge in [-0.05, 0) is 76.1 Å². The summed E-state index contributed by atoms with van der Waals surface area (Å²) in [5, 5.41) is 0. The minimum absolute atomic E-state index is 0.283. The maximum absolute atomic E-state index is 12.7. The Morgan fingerprint density at radius 1 is 0.632 bits per heavy atom. The van der Waals surface area contributed by atoms with E-state index in [1.165, 1.54) is 56.5 Å². The van der Waals surface area contributed by atoms with Gasteiger partial charge in [0.1, 0.15) is 11.6 Å². The number of nitrogen functional groups attached to an aromatic ring is 1. The molecule has 0 aliphatic carbocycles. The molecule has 0 unspecified atom stereocenters.